The van der Waals surface area contributed by atoms with Gasteiger partial charge in [0.25, 0.3) is 5.91 Å². The highest BCUT2D eigenvalue weighted by molar-refractivity contribution is 6.36. The molecule has 0 bridgehead atoms. The lowest BCUT2D eigenvalue weighted by Crippen LogP contribution is -2.32. The van der Waals surface area contributed by atoms with Crippen LogP contribution in [0.15, 0.2) is 42.5 Å². The van der Waals surface area contributed by atoms with Crippen molar-refractivity contribution in [2.75, 3.05) is 6.54 Å². The zero-order chi connectivity index (χ0) is 19.0. The Morgan fingerprint density at radius 2 is 2.11 bits per heavy atom. The van der Waals surface area contributed by atoms with Crippen LogP contribution in [0.4, 0.5) is 0 Å². The van der Waals surface area contributed by atoms with Gasteiger partial charge in [-0.3, -0.25) is 4.79 Å². The number of ether oxygens (including phenoxy) is 1. The van der Waals surface area contributed by atoms with Gasteiger partial charge in [-0.1, -0.05) is 42.8 Å². The van der Waals surface area contributed by atoms with Crippen LogP contribution >= 0.6 is 11.6 Å². The predicted molar refractivity (Wildman–Crippen MR) is 109 cm³/mol. The Balaban J connectivity index is 1.58. The maximum Gasteiger partial charge on any atom is 0.267 e. The van der Waals surface area contributed by atoms with Crippen molar-refractivity contribution >= 4 is 28.4 Å². The van der Waals surface area contributed by atoms with Crippen molar-refractivity contribution in [2.45, 2.75) is 39.3 Å². The van der Waals surface area contributed by atoms with Gasteiger partial charge >= 0.3 is 0 Å². The second kappa shape index (κ2) is 7.28. The van der Waals surface area contributed by atoms with Crippen molar-refractivity contribution in [3.05, 3.63) is 64.3 Å². The zero-order valence-electron chi connectivity index (χ0n) is 15.6. The van der Waals surface area contributed by atoms with E-state index >= 15 is 0 Å². The Kier molecular flexibility index (Phi) is 4.83. The molecule has 0 saturated heterocycles. The minimum Gasteiger partial charge on any atom is -0.486 e. The quantitative estimate of drug-likeness (QED) is 0.692. The van der Waals surface area contributed by atoms with E-state index in [4.69, 9.17) is 16.3 Å². The van der Waals surface area contributed by atoms with Gasteiger partial charge < -0.3 is 14.6 Å². The first-order valence-corrected chi connectivity index (χ1v) is 9.77. The minimum absolute atomic E-state index is 0.0628. The Labute approximate surface area is 164 Å². The second-order valence-electron chi connectivity index (χ2n) is 7.03. The van der Waals surface area contributed by atoms with E-state index in [0.717, 1.165) is 29.5 Å². The number of carbonyl (C=O) groups is 1. The number of aromatic nitrogens is 1. The fraction of sp³-hybridized carbons (Fsp3) is 0.318. The van der Waals surface area contributed by atoms with E-state index < -0.39 is 0 Å². The largest absolute Gasteiger partial charge is 0.486 e. The van der Waals surface area contributed by atoms with E-state index in [1.165, 1.54) is 11.1 Å². The summed E-state index contributed by atoms with van der Waals surface area (Å²) in [6, 6.07) is 13.9. The average Bonchev–Trinajstić information content (AvgIpc) is 3.07. The number of rotatable bonds is 5. The highest BCUT2D eigenvalue weighted by Gasteiger charge is 2.26. The zero-order valence-corrected chi connectivity index (χ0v) is 16.3. The smallest absolute Gasteiger partial charge is 0.267 e. The number of nitrogens with one attached hydrogen (secondary N) is 1. The summed E-state index contributed by atoms with van der Waals surface area (Å²) in [5.74, 6) is 0.727. The molecule has 1 atom stereocenters. The van der Waals surface area contributed by atoms with Crippen LogP contribution in [0.5, 0.6) is 5.75 Å². The molecule has 27 heavy (non-hydrogen) atoms. The van der Waals surface area contributed by atoms with Crippen molar-refractivity contribution in [2.24, 2.45) is 0 Å². The van der Waals surface area contributed by atoms with Crippen molar-refractivity contribution in [1.82, 2.24) is 9.88 Å². The van der Waals surface area contributed by atoms with E-state index in [1.54, 1.807) is 0 Å². The third-order valence-electron chi connectivity index (χ3n) is 5.28. The van der Waals surface area contributed by atoms with Crippen LogP contribution in [-0.4, -0.2) is 23.1 Å². The lowest BCUT2D eigenvalue weighted by atomic mass is 10.1. The number of benzene rings is 2. The van der Waals surface area contributed by atoms with Crippen molar-refractivity contribution < 1.29 is 9.53 Å². The number of halogens is 1. The van der Waals surface area contributed by atoms with Gasteiger partial charge in [-0.2, -0.15) is 0 Å². The maximum atomic E-state index is 12.9. The molecule has 1 aliphatic heterocycles. The summed E-state index contributed by atoms with van der Waals surface area (Å²) in [6.07, 6.45) is 1.76. The summed E-state index contributed by atoms with van der Waals surface area (Å²) in [6.45, 7) is 5.44. The van der Waals surface area contributed by atoms with Crippen LogP contribution in [0.3, 0.4) is 0 Å². The SMILES string of the molecule is CC[C@@H]1Cn2c(C(=O)NCCc3ccccc3C)cc3c(Cl)ccc(c32)O1. The van der Waals surface area contributed by atoms with Crippen LogP contribution in [-0.2, 0) is 13.0 Å². The van der Waals surface area contributed by atoms with E-state index in [0.29, 0.717) is 23.8 Å². The fourth-order valence-electron chi connectivity index (χ4n) is 3.71. The second-order valence-corrected chi connectivity index (χ2v) is 7.44. The molecule has 4 rings (SSSR count). The molecular weight excluding hydrogens is 360 g/mol. The van der Waals surface area contributed by atoms with Gasteiger partial charge in [0.1, 0.15) is 17.5 Å². The number of carbonyl (C=O) groups excluding carboxylic acids is 1. The number of aryl methyl sites for hydroxylation is 1. The van der Waals surface area contributed by atoms with Crippen molar-refractivity contribution in [3.8, 4) is 5.75 Å². The molecule has 4 nitrogen and oxygen atoms in total. The molecule has 2 aromatic carbocycles. The highest BCUT2D eigenvalue weighted by Crippen LogP contribution is 2.38. The van der Waals surface area contributed by atoms with E-state index in [-0.39, 0.29) is 12.0 Å². The van der Waals surface area contributed by atoms with Gasteiger partial charge in [-0.15, -0.1) is 0 Å². The normalized spacial score (nSPS) is 15.6. The van der Waals surface area contributed by atoms with Gasteiger partial charge in [0.15, 0.2) is 0 Å². The third kappa shape index (κ3) is 3.30. The van der Waals surface area contributed by atoms with Crippen LogP contribution < -0.4 is 10.1 Å². The van der Waals surface area contributed by atoms with Crippen LogP contribution in [0.25, 0.3) is 10.9 Å². The van der Waals surface area contributed by atoms with E-state index in [9.17, 15) is 4.79 Å². The molecule has 0 radical (unpaired) electrons. The Morgan fingerprint density at radius 3 is 2.89 bits per heavy atom. The minimum atomic E-state index is -0.0708. The molecule has 2 heterocycles. The van der Waals surface area contributed by atoms with Crippen molar-refractivity contribution in [3.63, 3.8) is 0 Å². The van der Waals surface area contributed by atoms with Crippen LogP contribution in [0.1, 0.15) is 35.0 Å². The van der Waals surface area contributed by atoms with Gasteiger partial charge in [-0.25, -0.2) is 0 Å². The molecule has 0 spiro atoms. The molecule has 0 aliphatic carbocycles. The standard InChI is InChI=1S/C22H23ClN2O2/c1-3-16-13-25-19(12-17-18(23)8-9-20(27-16)21(17)25)22(26)24-11-10-15-7-5-4-6-14(15)2/h4-9,12,16H,3,10-11,13H2,1-2H3,(H,24,26)/t16-/m1/s1. The summed E-state index contributed by atoms with van der Waals surface area (Å²) in [5.41, 5.74) is 4.06. The monoisotopic (exact) mass is 382 g/mol. The van der Waals surface area contributed by atoms with Gasteiger partial charge in [0.05, 0.1) is 17.1 Å². The molecule has 0 fully saturated rings. The fourth-order valence-corrected chi connectivity index (χ4v) is 3.92. The number of amides is 1. The Bertz CT molecular complexity index is 1010. The highest BCUT2D eigenvalue weighted by atomic mass is 35.5. The van der Waals surface area contributed by atoms with Gasteiger partial charge in [-0.05, 0) is 49.1 Å². The molecule has 0 unspecified atom stereocenters. The predicted octanol–water partition coefficient (Wildman–Crippen LogP) is 4.75. The van der Waals surface area contributed by atoms with Crippen LogP contribution in [0.2, 0.25) is 5.02 Å². The first-order chi connectivity index (χ1) is 13.1. The summed E-state index contributed by atoms with van der Waals surface area (Å²) in [5, 5.41) is 4.57. The maximum absolute atomic E-state index is 12.9. The van der Waals surface area contributed by atoms with E-state index in [2.05, 4.69) is 35.9 Å². The summed E-state index contributed by atoms with van der Waals surface area (Å²) >= 11 is 6.37. The third-order valence-corrected chi connectivity index (χ3v) is 5.61. The molecule has 1 N–H and O–H groups in total. The lowest BCUT2D eigenvalue weighted by Gasteiger charge is -2.26. The topological polar surface area (TPSA) is 43.3 Å². The molecule has 3 aromatic rings. The van der Waals surface area contributed by atoms with E-state index in [1.807, 2.05) is 30.3 Å². The summed E-state index contributed by atoms with van der Waals surface area (Å²) in [4.78, 5) is 12.9. The first kappa shape index (κ1) is 17.9. The summed E-state index contributed by atoms with van der Waals surface area (Å²) < 4.78 is 8.10. The van der Waals surface area contributed by atoms with Crippen LogP contribution in [0, 0.1) is 6.92 Å². The lowest BCUT2D eigenvalue weighted by molar-refractivity contribution is 0.0938. The first-order valence-electron chi connectivity index (χ1n) is 9.39. The molecule has 0 saturated carbocycles. The Morgan fingerprint density at radius 1 is 1.30 bits per heavy atom. The molecular formula is C22H23ClN2O2. The Hall–Kier alpha value is -2.46. The van der Waals surface area contributed by atoms with Gasteiger partial charge in [0, 0.05) is 11.9 Å². The number of nitrogens with zero attached hydrogens (tertiary/aromatic N) is 1. The molecule has 1 aromatic heterocycles. The number of hydrogen-bond acceptors (Lipinski definition) is 2. The average molecular weight is 383 g/mol. The molecule has 140 valence electrons. The molecule has 1 amide bonds. The summed E-state index contributed by atoms with van der Waals surface area (Å²) in [7, 11) is 0. The van der Waals surface area contributed by atoms with Gasteiger partial charge in [0.2, 0.25) is 0 Å². The molecule has 5 heteroatoms. The number of hydrogen-bond donors (Lipinski definition) is 1. The molecule has 1 aliphatic rings. The van der Waals surface area contributed by atoms with Crippen molar-refractivity contribution in [1.29, 1.82) is 0 Å².